The van der Waals surface area contributed by atoms with Crippen molar-refractivity contribution in [1.82, 2.24) is 0 Å². The van der Waals surface area contributed by atoms with Gasteiger partial charge >= 0.3 is 0 Å². The van der Waals surface area contributed by atoms with Crippen LogP contribution in [0.2, 0.25) is 0 Å². The third-order valence-electron chi connectivity index (χ3n) is 3.47. The van der Waals surface area contributed by atoms with Crippen LogP contribution in [0.4, 0.5) is 5.69 Å². The summed E-state index contributed by atoms with van der Waals surface area (Å²) in [7, 11) is 0. The van der Waals surface area contributed by atoms with E-state index in [0.717, 1.165) is 37.8 Å². The average molecular weight is 299 g/mol. The average Bonchev–Trinajstić information content (AvgIpc) is 2.60. The summed E-state index contributed by atoms with van der Waals surface area (Å²) in [5, 5.41) is 0. The van der Waals surface area contributed by atoms with Gasteiger partial charge in [-0.2, -0.15) is 0 Å². The van der Waals surface area contributed by atoms with Gasteiger partial charge < -0.3 is 14.4 Å². The maximum absolute atomic E-state index is 5.83. The molecule has 0 saturated carbocycles. The summed E-state index contributed by atoms with van der Waals surface area (Å²) in [6.45, 7) is 9.60. The van der Waals surface area contributed by atoms with Gasteiger partial charge in [-0.1, -0.05) is 31.5 Å². The highest BCUT2D eigenvalue weighted by Gasteiger charge is 2.10. The number of anilines is 1. The van der Waals surface area contributed by atoms with Crippen molar-refractivity contribution in [2.75, 3.05) is 31.2 Å². The molecule has 3 rings (SSSR count). The van der Waals surface area contributed by atoms with Crippen LogP contribution in [0.3, 0.4) is 0 Å². The first-order valence-corrected chi connectivity index (χ1v) is 7.98. The van der Waals surface area contributed by atoms with Gasteiger partial charge in [0.2, 0.25) is 0 Å². The van der Waals surface area contributed by atoms with E-state index >= 15 is 0 Å². The summed E-state index contributed by atoms with van der Waals surface area (Å²) in [4.78, 5) is 2.33. The fraction of sp³-hybridized carbons (Fsp3) is 0.368. The molecule has 1 fully saturated rings. The van der Waals surface area contributed by atoms with Crippen molar-refractivity contribution in [2.45, 2.75) is 20.8 Å². The SMILES string of the molecule is CC.Cc1ccc(Oc2ccc(N3CCOCC3)cc2)cc1. The molecule has 0 aromatic heterocycles. The molecule has 0 spiro atoms. The Morgan fingerprint density at radius 3 is 1.86 bits per heavy atom. The Kier molecular flexibility index (Phi) is 6.28. The first kappa shape index (κ1) is 16.4. The van der Waals surface area contributed by atoms with Crippen molar-refractivity contribution in [3.8, 4) is 11.5 Å². The van der Waals surface area contributed by atoms with E-state index in [1.54, 1.807) is 0 Å². The normalized spacial score (nSPS) is 14.0. The molecule has 0 unspecified atom stereocenters. The van der Waals surface area contributed by atoms with Gasteiger partial charge in [-0.15, -0.1) is 0 Å². The summed E-state index contributed by atoms with van der Waals surface area (Å²) < 4.78 is 11.2. The first-order chi connectivity index (χ1) is 10.8. The number of hydrogen-bond donors (Lipinski definition) is 0. The predicted molar refractivity (Wildman–Crippen MR) is 92.1 cm³/mol. The van der Waals surface area contributed by atoms with Gasteiger partial charge in [0.05, 0.1) is 13.2 Å². The van der Waals surface area contributed by atoms with Gasteiger partial charge in [0.25, 0.3) is 0 Å². The lowest BCUT2D eigenvalue weighted by Gasteiger charge is -2.28. The first-order valence-electron chi connectivity index (χ1n) is 7.98. The highest BCUT2D eigenvalue weighted by Crippen LogP contribution is 2.25. The van der Waals surface area contributed by atoms with Crippen molar-refractivity contribution in [3.63, 3.8) is 0 Å². The zero-order valence-corrected chi connectivity index (χ0v) is 13.7. The predicted octanol–water partition coefficient (Wildman–Crippen LogP) is 4.65. The second kappa shape index (κ2) is 8.44. The lowest BCUT2D eigenvalue weighted by atomic mass is 10.2. The van der Waals surface area contributed by atoms with Crippen molar-refractivity contribution >= 4 is 5.69 Å². The summed E-state index contributed by atoms with van der Waals surface area (Å²) in [5.74, 6) is 1.74. The van der Waals surface area contributed by atoms with Crippen molar-refractivity contribution in [1.29, 1.82) is 0 Å². The van der Waals surface area contributed by atoms with Crippen LogP contribution >= 0.6 is 0 Å². The molecule has 1 aliphatic rings. The monoisotopic (exact) mass is 299 g/mol. The zero-order chi connectivity index (χ0) is 15.8. The van der Waals surface area contributed by atoms with E-state index in [4.69, 9.17) is 9.47 Å². The Bertz CT molecular complexity index is 543. The van der Waals surface area contributed by atoms with Crippen LogP contribution in [0.5, 0.6) is 11.5 Å². The van der Waals surface area contributed by atoms with E-state index in [1.807, 2.05) is 38.1 Å². The molecule has 118 valence electrons. The van der Waals surface area contributed by atoms with E-state index in [2.05, 4.69) is 36.1 Å². The van der Waals surface area contributed by atoms with Crippen molar-refractivity contribution in [2.24, 2.45) is 0 Å². The minimum atomic E-state index is 0.807. The molecule has 0 bridgehead atoms. The second-order valence-electron chi connectivity index (χ2n) is 5.01. The zero-order valence-electron chi connectivity index (χ0n) is 13.7. The Labute approximate surface area is 133 Å². The minimum Gasteiger partial charge on any atom is -0.457 e. The molecule has 2 aromatic rings. The fourth-order valence-corrected chi connectivity index (χ4v) is 2.29. The lowest BCUT2D eigenvalue weighted by Crippen LogP contribution is -2.36. The van der Waals surface area contributed by atoms with Crippen LogP contribution in [0, 0.1) is 6.92 Å². The van der Waals surface area contributed by atoms with E-state index in [0.29, 0.717) is 0 Å². The smallest absolute Gasteiger partial charge is 0.127 e. The maximum atomic E-state index is 5.83. The largest absolute Gasteiger partial charge is 0.457 e. The van der Waals surface area contributed by atoms with Gasteiger partial charge in [-0.25, -0.2) is 0 Å². The van der Waals surface area contributed by atoms with Crippen LogP contribution in [-0.2, 0) is 4.74 Å². The highest BCUT2D eigenvalue weighted by molar-refractivity contribution is 5.50. The number of morpholine rings is 1. The third-order valence-corrected chi connectivity index (χ3v) is 3.47. The number of nitrogens with zero attached hydrogens (tertiary/aromatic N) is 1. The molecule has 0 N–H and O–H groups in total. The molecule has 0 amide bonds. The Balaban J connectivity index is 0.000000847. The maximum Gasteiger partial charge on any atom is 0.127 e. The molecule has 0 aliphatic carbocycles. The molecular formula is C19H25NO2. The third kappa shape index (κ3) is 4.50. The van der Waals surface area contributed by atoms with E-state index in [9.17, 15) is 0 Å². The molecule has 3 heteroatoms. The van der Waals surface area contributed by atoms with Crippen LogP contribution in [0.1, 0.15) is 19.4 Å². The number of benzene rings is 2. The van der Waals surface area contributed by atoms with Crippen molar-refractivity contribution < 1.29 is 9.47 Å². The number of rotatable bonds is 3. The molecule has 3 nitrogen and oxygen atoms in total. The summed E-state index contributed by atoms with van der Waals surface area (Å²) in [6.07, 6.45) is 0. The number of ether oxygens (including phenoxy) is 2. The quantitative estimate of drug-likeness (QED) is 0.823. The highest BCUT2D eigenvalue weighted by atomic mass is 16.5. The Morgan fingerprint density at radius 1 is 0.818 bits per heavy atom. The van der Waals surface area contributed by atoms with Gasteiger partial charge in [0.15, 0.2) is 0 Å². The Hall–Kier alpha value is -2.00. The summed E-state index contributed by atoms with van der Waals surface area (Å²) in [6, 6.07) is 16.3. The molecule has 1 heterocycles. The minimum absolute atomic E-state index is 0.807. The topological polar surface area (TPSA) is 21.7 Å². The molecule has 1 aliphatic heterocycles. The molecular weight excluding hydrogens is 274 g/mol. The summed E-state index contributed by atoms with van der Waals surface area (Å²) >= 11 is 0. The van der Waals surface area contributed by atoms with E-state index < -0.39 is 0 Å². The second-order valence-corrected chi connectivity index (χ2v) is 5.01. The fourth-order valence-electron chi connectivity index (χ4n) is 2.29. The lowest BCUT2D eigenvalue weighted by molar-refractivity contribution is 0.122. The van der Waals surface area contributed by atoms with Crippen LogP contribution < -0.4 is 9.64 Å². The Morgan fingerprint density at radius 2 is 1.32 bits per heavy atom. The van der Waals surface area contributed by atoms with Crippen LogP contribution in [0.15, 0.2) is 48.5 Å². The molecule has 22 heavy (non-hydrogen) atoms. The number of hydrogen-bond acceptors (Lipinski definition) is 3. The number of aryl methyl sites for hydroxylation is 1. The van der Waals surface area contributed by atoms with Gasteiger partial charge in [0, 0.05) is 18.8 Å². The van der Waals surface area contributed by atoms with Crippen LogP contribution in [0.25, 0.3) is 0 Å². The van der Waals surface area contributed by atoms with Gasteiger partial charge in [-0.3, -0.25) is 0 Å². The standard InChI is InChI=1S/C17H19NO2.C2H6/c1-14-2-6-16(7-3-14)20-17-8-4-15(5-9-17)18-10-12-19-13-11-18;1-2/h2-9H,10-13H2,1H3;1-2H3. The molecule has 0 atom stereocenters. The van der Waals surface area contributed by atoms with Crippen LogP contribution in [-0.4, -0.2) is 26.3 Å². The summed E-state index contributed by atoms with van der Waals surface area (Å²) in [5.41, 5.74) is 2.46. The van der Waals surface area contributed by atoms with Crippen molar-refractivity contribution in [3.05, 3.63) is 54.1 Å². The molecule has 2 aromatic carbocycles. The van der Waals surface area contributed by atoms with Gasteiger partial charge in [0.1, 0.15) is 11.5 Å². The van der Waals surface area contributed by atoms with E-state index in [1.165, 1.54) is 11.3 Å². The molecule has 0 radical (unpaired) electrons. The van der Waals surface area contributed by atoms with E-state index in [-0.39, 0.29) is 0 Å². The molecule has 1 saturated heterocycles. The van der Waals surface area contributed by atoms with Gasteiger partial charge in [-0.05, 0) is 43.3 Å².